The molecule has 0 atom stereocenters. The molecule has 1 aliphatic carbocycles. The van der Waals surface area contributed by atoms with Crippen molar-refractivity contribution in [1.82, 2.24) is 0 Å². The summed E-state index contributed by atoms with van der Waals surface area (Å²) in [5.41, 5.74) is 0.366. The molecule has 0 bridgehead atoms. The van der Waals surface area contributed by atoms with Gasteiger partial charge in [-0.15, -0.1) is 0 Å². The van der Waals surface area contributed by atoms with Crippen LogP contribution in [0.15, 0.2) is 23.0 Å². The molecule has 1 aliphatic rings. The summed E-state index contributed by atoms with van der Waals surface area (Å²) in [6.45, 7) is 5.78. The van der Waals surface area contributed by atoms with Crippen LogP contribution in [0.2, 0.25) is 0 Å². The maximum atomic E-state index is 12.2. The van der Waals surface area contributed by atoms with E-state index < -0.39 is 11.7 Å². The van der Waals surface area contributed by atoms with Gasteiger partial charge < -0.3 is 4.74 Å². The molecule has 4 heteroatoms. The van der Waals surface area contributed by atoms with Crippen LogP contribution in [0.4, 0.5) is 13.2 Å². The van der Waals surface area contributed by atoms with Gasteiger partial charge in [-0.2, -0.15) is 13.2 Å². The molecule has 0 unspecified atom stereocenters. The van der Waals surface area contributed by atoms with E-state index >= 15 is 0 Å². The zero-order valence-electron chi connectivity index (χ0n) is 9.53. The summed E-state index contributed by atoms with van der Waals surface area (Å²) in [5.74, 6) is 0.346. The molecule has 0 heterocycles. The van der Waals surface area contributed by atoms with Gasteiger partial charge in [0.05, 0.1) is 7.11 Å². The van der Waals surface area contributed by atoms with E-state index in [2.05, 4.69) is 0 Å². The molecule has 0 N–H and O–H groups in total. The zero-order chi connectivity index (χ0) is 12.1. The van der Waals surface area contributed by atoms with Gasteiger partial charge in [-0.3, -0.25) is 0 Å². The van der Waals surface area contributed by atoms with Crippen LogP contribution in [-0.4, -0.2) is 13.3 Å². The summed E-state index contributed by atoms with van der Waals surface area (Å²) < 4.78 is 41.5. The Labute approximate surface area is 88.6 Å². The van der Waals surface area contributed by atoms with E-state index in [1.54, 1.807) is 6.92 Å². The van der Waals surface area contributed by atoms with Crippen LogP contribution in [0, 0.1) is 0 Å². The lowest BCUT2D eigenvalue weighted by Gasteiger charge is -2.18. The molecule has 0 aromatic carbocycles. The fourth-order valence-electron chi connectivity index (χ4n) is 1.26. The van der Waals surface area contributed by atoms with Gasteiger partial charge in [0.25, 0.3) is 0 Å². The van der Waals surface area contributed by atoms with Crippen molar-refractivity contribution in [2.45, 2.75) is 39.8 Å². The Hall–Kier alpha value is -0.930. The first-order chi connectivity index (χ1) is 6.95. The number of rotatable bonds is 1. The third kappa shape index (κ3) is 3.98. The summed E-state index contributed by atoms with van der Waals surface area (Å²) in [6.07, 6.45) is -2.65. The topological polar surface area (TPSA) is 9.23 Å². The molecule has 0 saturated carbocycles. The van der Waals surface area contributed by atoms with Crippen molar-refractivity contribution in [1.29, 1.82) is 0 Å². The largest absolute Gasteiger partial charge is 0.497 e. The van der Waals surface area contributed by atoms with Crippen molar-refractivity contribution in [3.63, 3.8) is 0 Å². The molecule has 1 rings (SSSR count). The normalized spacial score (nSPS) is 16.6. The number of hydrogen-bond donors (Lipinski definition) is 0. The Morgan fingerprint density at radius 1 is 1.20 bits per heavy atom. The van der Waals surface area contributed by atoms with Crippen molar-refractivity contribution in [3.05, 3.63) is 23.0 Å². The van der Waals surface area contributed by atoms with Crippen LogP contribution in [0.3, 0.4) is 0 Å². The Kier molecular flexibility index (Phi) is 5.47. The minimum absolute atomic E-state index is 0.0577. The van der Waals surface area contributed by atoms with Gasteiger partial charge in [-0.1, -0.05) is 13.8 Å². The van der Waals surface area contributed by atoms with Crippen LogP contribution < -0.4 is 0 Å². The van der Waals surface area contributed by atoms with Gasteiger partial charge in [-0.05, 0) is 31.4 Å². The highest BCUT2D eigenvalue weighted by Crippen LogP contribution is 2.35. The second kappa shape index (κ2) is 5.83. The molecule has 0 aliphatic heterocycles. The Morgan fingerprint density at radius 2 is 1.73 bits per heavy atom. The first kappa shape index (κ1) is 14.1. The van der Waals surface area contributed by atoms with Gasteiger partial charge in [-0.25, -0.2) is 0 Å². The average molecular weight is 222 g/mol. The molecule has 1 nitrogen and oxygen atoms in total. The Bertz CT molecular complexity index is 261. The highest BCUT2D eigenvalue weighted by molar-refractivity contribution is 5.30. The SMILES string of the molecule is CC.COC1=C(C)CCC(C(F)(F)F)=C1. The van der Waals surface area contributed by atoms with Gasteiger partial charge >= 0.3 is 6.18 Å². The number of alkyl halides is 3. The summed E-state index contributed by atoms with van der Waals surface area (Å²) in [6, 6.07) is 0. The number of allylic oxidation sites excluding steroid dienone is 3. The number of ether oxygens (including phenoxy) is 1. The number of halogens is 3. The van der Waals surface area contributed by atoms with E-state index in [0.29, 0.717) is 12.2 Å². The number of hydrogen-bond acceptors (Lipinski definition) is 1. The van der Waals surface area contributed by atoms with Crippen LogP contribution >= 0.6 is 0 Å². The van der Waals surface area contributed by atoms with Crippen LogP contribution in [0.25, 0.3) is 0 Å². The number of methoxy groups -OCH3 is 1. The van der Waals surface area contributed by atoms with Crippen molar-refractivity contribution in [2.75, 3.05) is 7.11 Å². The van der Waals surface area contributed by atoms with Crippen LogP contribution in [0.5, 0.6) is 0 Å². The third-order valence-corrected chi connectivity index (χ3v) is 2.08. The molecular weight excluding hydrogens is 205 g/mol. The van der Waals surface area contributed by atoms with Crippen LogP contribution in [-0.2, 0) is 4.74 Å². The fourth-order valence-corrected chi connectivity index (χ4v) is 1.26. The molecule has 0 radical (unpaired) electrons. The monoisotopic (exact) mass is 222 g/mol. The second-order valence-electron chi connectivity index (χ2n) is 3.02. The first-order valence-electron chi connectivity index (χ1n) is 4.96. The Morgan fingerprint density at radius 3 is 2.13 bits per heavy atom. The molecule has 0 spiro atoms. The lowest BCUT2D eigenvalue weighted by atomic mass is 9.98. The molecule has 0 aromatic heterocycles. The average Bonchev–Trinajstić information content (AvgIpc) is 2.20. The smallest absolute Gasteiger partial charge is 0.412 e. The van der Waals surface area contributed by atoms with Gasteiger partial charge in [0, 0.05) is 5.57 Å². The van der Waals surface area contributed by atoms with E-state index in [1.807, 2.05) is 13.8 Å². The molecular formula is C11H17F3O. The highest BCUT2D eigenvalue weighted by Gasteiger charge is 2.34. The maximum absolute atomic E-state index is 12.2. The van der Waals surface area contributed by atoms with Gasteiger partial charge in [0.1, 0.15) is 5.76 Å². The minimum atomic E-state index is -4.22. The van der Waals surface area contributed by atoms with E-state index in [4.69, 9.17) is 4.74 Å². The molecule has 0 amide bonds. The highest BCUT2D eigenvalue weighted by atomic mass is 19.4. The molecule has 0 saturated heterocycles. The van der Waals surface area contributed by atoms with Crippen molar-refractivity contribution < 1.29 is 17.9 Å². The molecule has 0 fully saturated rings. The van der Waals surface area contributed by atoms with Crippen molar-refractivity contribution in [3.8, 4) is 0 Å². The lowest BCUT2D eigenvalue weighted by Crippen LogP contribution is -2.15. The zero-order valence-corrected chi connectivity index (χ0v) is 9.53. The van der Waals surface area contributed by atoms with Crippen LogP contribution in [0.1, 0.15) is 33.6 Å². The summed E-state index contributed by atoms with van der Waals surface area (Å²) in [5, 5.41) is 0. The predicted molar refractivity (Wildman–Crippen MR) is 54.4 cm³/mol. The first-order valence-corrected chi connectivity index (χ1v) is 4.96. The maximum Gasteiger partial charge on any atom is 0.412 e. The van der Waals surface area contributed by atoms with Crippen molar-refractivity contribution in [2.24, 2.45) is 0 Å². The minimum Gasteiger partial charge on any atom is -0.497 e. The van der Waals surface area contributed by atoms with Gasteiger partial charge in [0.15, 0.2) is 0 Å². The summed E-state index contributed by atoms with van der Waals surface area (Å²) in [4.78, 5) is 0. The van der Waals surface area contributed by atoms with E-state index in [1.165, 1.54) is 7.11 Å². The quantitative estimate of drug-likeness (QED) is 0.645. The molecule has 15 heavy (non-hydrogen) atoms. The van der Waals surface area contributed by atoms with Crippen molar-refractivity contribution >= 4 is 0 Å². The van der Waals surface area contributed by atoms with Gasteiger partial charge in [0.2, 0.25) is 0 Å². The summed E-state index contributed by atoms with van der Waals surface area (Å²) >= 11 is 0. The second-order valence-corrected chi connectivity index (χ2v) is 3.02. The molecule has 88 valence electrons. The third-order valence-electron chi connectivity index (χ3n) is 2.08. The van der Waals surface area contributed by atoms with E-state index in [-0.39, 0.29) is 6.42 Å². The van der Waals surface area contributed by atoms with E-state index in [9.17, 15) is 13.2 Å². The predicted octanol–water partition coefficient (Wildman–Crippen LogP) is 4.22. The summed E-state index contributed by atoms with van der Waals surface area (Å²) in [7, 11) is 1.38. The fraction of sp³-hybridized carbons (Fsp3) is 0.636. The Balaban J connectivity index is 0.000000921. The molecule has 0 aromatic rings. The standard InChI is InChI=1S/C9H11F3O.C2H6/c1-6-3-4-7(9(10,11)12)5-8(6)13-2;1-2/h5H,3-4H2,1-2H3;1-2H3. The van der Waals surface area contributed by atoms with E-state index in [0.717, 1.165) is 11.6 Å². The lowest BCUT2D eigenvalue weighted by molar-refractivity contribution is -0.0945.